The molecule has 0 atom stereocenters. The lowest BCUT2D eigenvalue weighted by Gasteiger charge is -1.94. The highest BCUT2D eigenvalue weighted by Crippen LogP contribution is 2.07. The molecule has 0 bridgehead atoms. The van der Waals surface area contributed by atoms with Crippen molar-refractivity contribution in [3.63, 3.8) is 0 Å². The Bertz CT molecular complexity index is 91.3. The first-order valence-corrected chi connectivity index (χ1v) is 2.62. The van der Waals surface area contributed by atoms with Crippen molar-refractivity contribution in [3.05, 3.63) is 0 Å². The summed E-state index contributed by atoms with van der Waals surface area (Å²) in [5, 5.41) is 0. The van der Waals surface area contributed by atoms with E-state index in [4.69, 9.17) is 0 Å². The Balaban J connectivity index is -0.0000000655. The molecule has 0 aliphatic rings. The van der Waals surface area contributed by atoms with Crippen molar-refractivity contribution in [1.29, 1.82) is 0 Å². The van der Waals surface area contributed by atoms with Gasteiger partial charge in [0.2, 0.25) is 0 Å². The standard InChI is InChI=1S/CH4.3BF4/c;3*2-1(3,4)5/h1H4;;;/q;3*-1. The zero-order valence-electron chi connectivity index (χ0n) is 6.27. The molecule has 0 radical (unpaired) electrons. The van der Waals surface area contributed by atoms with E-state index < -0.39 is 21.8 Å². The Morgan fingerprint density at radius 3 is 0.312 bits per heavy atom. The summed E-state index contributed by atoms with van der Waals surface area (Å²) in [5.41, 5.74) is 0. The summed E-state index contributed by atoms with van der Waals surface area (Å²) in [4.78, 5) is 0. The van der Waals surface area contributed by atoms with Crippen molar-refractivity contribution in [2.75, 3.05) is 0 Å². The van der Waals surface area contributed by atoms with Crippen LogP contribution in [0.25, 0.3) is 0 Å². The Labute approximate surface area is 82.3 Å². The average molecular weight is 276 g/mol. The first-order chi connectivity index (χ1) is 6.00. The molecule has 0 unspecified atom stereocenters. The van der Waals surface area contributed by atoms with E-state index in [2.05, 4.69) is 0 Å². The summed E-state index contributed by atoms with van der Waals surface area (Å²) in [6.07, 6.45) is 0. The van der Waals surface area contributed by atoms with Gasteiger partial charge in [0.25, 0.3) is 0 Å². The minimum absolute atomic E-state index is 0. The second-order valence-corrected chi connectivity index (χ2v) is 1.48. The van der Waals surface area contributed by atoms with Gasteiger partial charge >= 0.3 is 21.8 Å². The molecule has 15 heteroatoms. The molecule has 0 saturated carbocycles. The molecular weight excluding hydrogens is 272 g/mol. The number of halogens is 12. The highest BCUT2D eigenvalue weighted by atomic mass is 19.5. The molecule has 0 aromatic heterocycles. The Morgan fingerprint density at radius 2 is 0.312 bits per heavy atom. The smallest absolute Gasteiger partial charge is 0.418 e. The normalized spacial score (nSPS) is 11.2. The van der Waals surface area contributed by atoms with Crippen LogP contribution in [0.1, 0.15) is 7.43 Å². The van der Waals surface area contributed by atoms with Crippen LogP contribution in [0.4, 0.5) is 51.8 Å². The minimum Gasteiger partial charge on any atom is -0.418 e. The molecule has 0 aromatic rings. The summed E-state index contributed by atoms with van der Waals surface area (Å²) < 4.78 is 117. The van der Waals surface area contributed by atoms with Crippen LogP contribution < -0.4 is 0 Å². The lowest BCUT2D eigenvalue weighted by atomic mass is 10.3. The molecule has 0 fully saturated rings. The zero-order valence-corrected chi connectivity index (χ0v) is 6.27. The van der Waals surface area contributed by atoms with E-state index in [1.165, 1.54) is 0 Å². The Morgan fingerprint density at radius 1 is 0.312 bits per heavy atom. The van der Waals surface area contributed by atoms with Gasteiger partial charge in [-0.05, 0) is 0 Å². The summed E-state index contributed by atoms with van der Waals surface area (Å²) >= 11 is 0. The Hall–Kier alpha value is -0.645. The number of rotatable bonds is 0. The molecule has 0 heterocycles. The third-order valence-corrected chi connectivity index (χ3v) is 0. The van der Waals surface area contributed by atoms with E-state index in [0.29, 0.717) is 0 Å². The van der Waals surface area contributed by atoms with Crippen LogP contribution in [0.3, 0.4) is 0 Å². The molecule has 104 valence electrons. The van der Waals surface area contributed by atoms with E-state index in [-0.39, 0.29) is 7.43 Å². The molecule has 0 N–H and O–H groups in total. The van der Waals surface area contributed by atoms with Gasteiger partial charge in [0.05, 0.1) is 0 Å². The maximum absolute atomic E-state index is 9.75. The van der Waals surface area contributed by atoms with Crippen molar-refractivity contribution in [2.45, 2.75) is 7.43 Å². The molecule has 0 aromatic carbocycles. The molecule has 0 nitrogen and oxygen atoms in total. The highest BCUT2D eigenvalue weighted by Gasteiger charge is 2.21. The minimum atomic E-state index is -6.00. The fourth-order valence-electron chi connectivity index (χ4n) is 0. The summed E-state index contributed by atoms with van der Waals surface area (Å²) in [6, 6.07) is 0. The second kappa shape index (κ2) is 8.50. The summed E-state index contributed by atoms with van der Waals surface area (Å²) in [5.74, 6) is 0. The van der Waals surface area contributed by atoms with Gasteiger partial charge in [0.15, 0.2) is 0 Å². The molecule has 16 heavy (non-hydrogen) atoms. The molecule has 0 amide bonds. The average Bonchev–Trinajstić information content (AvgIpc) is 1.41. The van der Waals surface area contributed by atoms with Gasteiger partial charge in [-0.2, -0.15) is 0 Å². The fraction of sp³-hybridized carbons (Fsp3) is 1.00. The first-order valence-electron chi connectivity index (χ1n) is 2.62. The molecule has 0 spiro atoms. The van der Waals surface area contributed by atoms with Crippen LogP contribution in [0.2, 0.25) is 0 Å². The van der Waals surface area contributed by atoms with Gasteiger partial charge in [-0.15, -0.1) is 0 Å². The first kappa shape index (κ1) is 24.5. The predicted octanol–water partition coefficient (Wildman–Crippen LogP) is 4.54. The molecule has 0 rings (SSSR count). The third-order valence-electron chi connectivity index (χ3n) is 0. The van der Waals surface area contributed by atoms with E-state index in [9.17, 15) is 51.8 Å². The highest BCUT2D eigenvalue weighted by molar-refractivity contribution is 6.50. The number of hydrogen-bond donors (Lipinski definition) is 0. The zero-order chi connectivity index (χ0) is 13.5. The van der Waals surface area contributed by atoms with Crippen LogP contribution >= 0.6 is 0 Å². The molecule has 0 aliphatic carbocycles. The van der Waals surface area contributed by atoms with Crippen LogP contribution in [-0.2, 0) is 0 Å². The quantitative estimate of drug-likeness (QED) is 0.450. The molecule has 0 saturated heterocycles. The largest absolute Gasteiger partial charge is 0.673 e. The summed E-state index contributed by atoms with van der Waals surface area (Å²) in [7, 11) is -18.0. The second-order valence-electron chi connectivity index (χ2n) is 1.48. The van der Waals surface area contributed by atoms with Gasteiger partial charge in [-0.3, -0.25) is 0 Å². The lowest BCUT2D eigenvalue weighted by molar-refractivity contribution is 0.366. The SMILES string of the molecule is C.F[B-](F)(F)F.F[B-](F)(F)F.F[B-](F)(F)F. The van der Waals surface area contributed by atoms with Gasteiger partial charge in [0, 0.05) is 0 Å². The van der Waals surface area contributed by atoms with Crippen molar-refractivity contribution >= 4 is 21.8 Å². The van der Waals surface area contributed by atoms with Gasteiger partial charge in [0.1, 0.15) is 0 Å². The lowest BCUT2D eigenvalue weighted by Crippen LogP contribution is -2.02. The van der Waals surface area contributed by atoms with E-state index in [1.807, 2.05) is 0 Å². The maximum Gasteiger partial charge on any atom is 0.673 e. The third kappa shape index (κ3) is 4900. The van der Waals surface area contributed by atoms with Gasteiger partial charge < -0.3 is 51.8 Å². The topological polar surface area (TPSA) is 0 Å². The van der Waals surface area contributed by atoms with E-state index in [1.54, 1.807) is 0 Å². The molecule has 0 aliphatic heterocycles. The van der Waals surface area contributed by atoms with Crippen molar-refractivity contribution in [1.82, 2.24) is 0 Å². The summed E-state index contributed by atoms with van der Waals surface area (Å²) in [6.45, 7) is 0. The Kier molecular flexibility index (Phi) is 13.0. The number of hydrogen-bond acceptors (Lipinski definition) is 0. The fourth-order valence-corrected chi connectivity index (χ4v) is 0. The monoisotopic (exact) mass is 277 g/mol. The van der Waals surface area contributed by atoms with Crippen LogP contribution in [0, 0.1) is 0 Å². The van der Waals surface area contributed by atoms with Crippen LogP contribution in [-0.4, -0.2) is 21.8 Å². The van der Waals surface area contributed by atoms with E-state index >= 15 is 0 Å². The maximum atomic E-state index is 9.75. The van der Waals surface area contributed by atoms with Gasteiger partial charge in [-0.1, -0.05) is 7.43 Å². The van der Waals surface area contributed by atoms with Crippen molar-refractivity contribution < 1.29 is 51.8 Å². The van der Waals surface area contributed by atoms with Gasteiger partial charge in [-0.25, -0.2) is 0 Å². The van der Waals surface area contributed by atoms with E-state index in [0.717, 1.165) is 0 Å². The van der Waals surface area contributed by atoms with Crippen LogP contribution in [0.15, 0.2) is 0 Å². The van der Waals surface area contributed by atoms with Crippen LogP contribution in [0.5, 0.6) is 0 Å². The predicted molar refractivity (Wildman–Crippen MR) is 37.3 cm³/mol. The van der Waals surface area contributed by atoms with Crippen molar-refractivity contribution in [2.24, 2.45) is 0 Å². The van der Waals surface area contributed by atoms with Crippen molar-refractivity contribution in [3.8, 4) is 0 Å². The molecular formula is CH4B3F12-3.